The molecule has 0 bridgehead atoms. The second kappa shape index (κ2) is 4.37. The van der Waals surface area contributed by atoms with Crippen LogP contribution in [0.4, 0.5) is 0 Å². The van der Waals surface area contributed by atoms with E-state index in [2.05, 4.69) is 13.5 Å². The van der Waals surface area contributed by atoms with Crippen LogP contribution >= 0.6 is 0 Å². The lowest BCUT2D eigenvalue weighted by Crippen LogP contribution is -2.46. The average molecular weight is 250 g/mol. The smallest absolute Gasteiger partial charge is 0.297 e. The standard InChI is InChI=1S/C15H22O3/c1-8-4-7-12-10(3)15(16)18-17-14-9(2)5-6-11(8)13(12)14/h8,10-14H,2,4-7H2,1,3H3. The maximum atomic E-state index is 11.9. The second-order valence-electron chi connectivity index (χ2n) is 6.36. The molecule has 0 aromatic rings. The lowest BCUT2D eigenvalue weighted by atomic mass is 9.57. The number of rotatable bonds is 0. The molecule has 1 aliphatic heterocycles. The Morgan fingerprint density at radius 3 is 2.72 bits per heavy atom. The van der Waals surface area contributed by atoms with Gasteiger partial charge in [-0.15, -0.1) is 0 Å². The lowest BCUT2D eigenvalue weighted by molar-refractivity contribution is -0.299. The molecule has 18 heavy (non-hydrogen) atoms. The van der Waals surface area contributed by atoms with Gasteiger partial charge in [0.05, 0.1) is 5.92 Å². The number of carbonyl (C=O) groups is 1. The third-order valence-corrected chi connectivity index (χ3v) is 5.47. The van der Waals surface area contributed by atoms with Crippen LogP contribution in [0.5, 0.6) is 0 Å². The van der Waals surface area contributed by atoms with Crippen LogP contribution in [0.25, 0.3) is 0 Å². The molecule has 100 valence electrons. The van der Waals surface area contributed by atoms with E-state index in [4.69, 9.17) is 9.78 Å². The third-order valence-electron chi connectivity index (χ3n) is 5.47. The van der Waals surface area contributed by atoms with Crippen molar-refractivity contribution in [3.63, 3.8) is 0 Å². The van der Waals surface area contributed by atoms with Gasteiger partial charge in [-0.1, -0.05) is 26.8 Å². The second-order valence-corrected chi connectivity index (χ2v) is 6.36. The normalized spacial score (nSPS) is 48.1. The topological polar surface area (TPSA) is 35.5 Å². The third kappa shape index (κ3) is 1.71. The van der Waals surface area contributed by atoms with Gasteiger partial charge in [0, 0.05) is 0 Å². The van der Waals surface area contributed by atoms with E-state index in [0.717, 1.165) is 24.3 Å². The molecule has 0 amide bonds. The zero-order valence-electron chi connectivity index (χ0n) is 11.2. The van der Waals surface area contributed by atoms with Crippen molar-refractivity contribution in [3.8, 4) is 0 Å². The molecule has 1 heterocycles. The van der Waals surface area contributed by atoms with Crippen molar-refractivity contribution in [2.45, 2.75) is 45.6 Å². The van der Waals surface area contributed by atoms with Crippen LogP contribution < -0.4 is 0 Å². The highest BCUT2D eigenvalue weighted by Crippen LogP contribution is 2.52. The van der Waals surface area contributed by atoms with Crippen molar-refractivity contribution in [2.24, 2.45) is 29.6 Å². The van der Waals surface area contributed by atoms with Crippen LogP contribution in [0.3, 0.4) is 0 Å². The zero-order valence-corrected chi connectivity index (χ0v) is 11.2. The predicted molar refractivity (Wildman–Crippen MR) is 67.4 cm³/mol. The summed E-state index contributed by atoms with van der Waals surface area (Å²) < 4.78 is 0. The number of hydrogen-bond acceptors (Lipinski definition) is 3. The fourth-order valence-corrected chi connectivity index (χ4v) is 4.32. The van der Waals surface area contributed by atoms with E-state index in [1.807, 2.05) is 6.92 Å². The van der Waals surface area contributed by atoms with Crippen LogP contribution in [-0.2, 0) is 14.6 Å². The molecule has 3 rings (SSSR count). The first kappa shape index (κ1) is 12.2. The van der Waals surface area contributed by atoms with Crippen LogP contribution in [0.15, 0.2) is 12.2 Å². The quantitative estimate of drug-likeness (QED) is 0.489. The van der Waals surface area contributed by atoms with Crippen molar-refractivity contribution in [2.75, 3.05) is 0 Å². The summed E-state index contributed by atoms with van der Waals surface area (Å²) >= 11 is 0. The van der Waals surface area contributed by atoms with Crippen molar-refractivity contribution in [1.29, 1.82) is 0 Å². The highest BCUT2D eigenvalue weighted by Gasteiger charge is 2.51. The van der Waals surface area contributed by atoms with Gasteiger partial charge in [-0.2, -0.15) is 4.89 Å². The molecule has 2 aliphatic carbocycles. The van der Waals surface area contributed by atoms with E-state index in [1.165, 1.54) is 12.8 Å². The van der Waals surface area contributed by atoms with E-state index >= 15 is 0 Å². The first-order chi connectivity index (χ1) is 8.59. The average Bonchev–Trinajstić information content (AvgIpc) is 2.48. The largest absolute Gasteiger partial charge is 0.345 e. The molecule has 2 saturated carbocycles. The van der Waals surface area contributed by atoms with E-state index in [9.17, 15) is 4.79 Å². The molecule has 3 fully saturated rings. The lowest BCUT2D eigenvalue weighted by Gasteiger charge is -2.48. The summed E-state index contributed by atoms with van der Waals surface area (Å²) in [7, 11) is 0. The molecule has 0 radical (unpaired) electrons. The Hall–Kier alpha value is -0.830. The van der Waals surface area contributed by atoms with Gasteiger partial charge in [0.15, 0.2) is 0 Å². The molecule has 6 unspecified atom stereocenters. The minimum absolute atomic E-state index is 0.0408. The molecule has 1 saturated heterocycles. The van der Waals surface area contributed by atoms with Crippen LogP contribution in [0.1, 0.15) is 39.5 Å². The van der Waals surface area contributed by atoms with Gasteiger partial charge in [0.25, 0.3) is 0 Å². The summed E-state index contributed by atoms with van der Waals surface area (Å²) in [6.45, 7) is 8.45. The van der Waals surface area contributed by atoms with Crippen LogP contribution in [0, 0.1) is 29.6 Å². The SMILES string of the molecule is C=C1CCC2C(C)CCC3C(C)C(=O)OOC1C23. The molecule has 3 heteroatoms. The van der Waals surface area contributed by atoms with Crippen molar-refractivity contribution < 1.29 is 14.6 Å². The molecular formula is C15H22O3. The summed E-state index contributed by atoms with van der Waals surface area (Å²) in [5.74, 6) is 1.98. The highest BCUT2D eigenvalue weighted by molar-refractivity contribution is 5.72. The van der Waals surface area contributed by atoms with Gasteiger partial charge < -0.3 is 0 Å². The van der Waals surface area contributed by atoms with Gasteiger partial charge in [0.2, 0.25) is 0 Å². The van der Waals surface area contributed by atoms with Gasteiger partial charge in [-0.25, -0.2) is 4.79 Å². The highest BCUT2D eigenvalue weighted by atomic mass is 17.2. The van der Waals surface area contributed by atoms with Gasteiger partial charge >= 0.3 is 5.97 Å². The van der Waals surface area contributed by atoms with E-state index < -0.39 is 0 Å². The maximum absolute atomic E-state index is 11.9. The number of hydrogen-bond donors (Lipinski definition) is 0. The minimum Gasteiger partial charge on any atom is -0.297 e. The van der Waals surface area contributed by atoms with E-state index in [1.54, 1.807) is 0 Å². The summed E-state index contributed by atoms with van der Waals surface area (Å²) in [6, 6.07) is 0. The minimum atomic E-state index is -0.199. The fraction of sp³-hybridized carbons (Fsp3) is 0.800. The first-order valence-corrected chi connectivity index (χ1v) is 7.14. The predicted octanol–water partition coefficient (Wildman–Crippen LogP) is 3.11. The number of carbonyl (C=O) groups excluding carboxylic acids is 1. The van der Waals surface area contributed by atoms with Crippen molar-refractivity contribution in [3.05, 3.63) is 12.2 Å². The molecule has 3 aliphatic rings. The van der Waals surface area contributed by atoms with Crippen molar-refractivity contribution >= 4 is 5.97 Å². The Bertz CT molecular complexity index is 376. The fourth-order valence-electron chi connectivity index (χ4n) is 4.32. The summed E-state index contributed by atoms with van der Waals surface area (Å²) in [5.41, 5.74) is 1.11. The Morgan fingerprint density at radius 2 is 1.94 bits per heavy atom. The van der Waals surface area contributed by atoms with Crippen LogP contribution in [0.2, 0.25) is 0 Å². The Morgan fingerprint density at radius 1 is 1.17 bits per heavy atom. The van der Waals surface area contributed by atoms with E-state index in [0.29, 0.717) is 17.8 Å². The van der Waals surface area contributed by atoms with Gasteiger partial charge in [-0.3, -0.25) is 4.89 Å². The molecule has 6 atom stereocenters. The van der Waals surface area contributed by atoms with Gasteiger partial charge in [-0.05, 0) is 48.5 Å². The Balaban J connectivity index is 1.97. The zero-order chi connectivity index (χ0) is 12.9. The van der Waals surface area contributed by atoms with E-state index in [-0.39, 0.29) is 18.0 Å². The summed E-state index contributed by atoms with van der Waals surface area (Å²) in [5, 5.41) is 0. The molecular weight excluding hydrogens is 228 g/mol. The summed E-state index contributed by atoms with van der Waals surface area (Å²) in [6.07, 6.45) is 4.48. The maximum Gasteiger partial charge on any atom is 0.345 e. The summed E-state index contributed by atoms with van der Waals surface area (Å²) in [4.78, 5) is 22.3. The van der Waals surface area contributed by atoms with Crippen molar-refractivity contribution in [1.82, 2.24) is 0 Å². The molecule has 0 N–H and O–H groups in total. The first-order valence-electron chi connectivity index (χ1n) is 7.14. The van der Waals surface area contributed by atoms with Crippen LogP contribution in [-0.4, -0.2) is 12.1 Å². The Labute approximate surface area is 108 Å². The monoisotopic (exact) mass is 250 g/mol. The molecule has 0 aromatic carbocycles. The molecule has 0 aromatic heterocycles. The molecule has 0 spiro atoms. The Kier molecular flexibility index (Phi) is 2.97. The molecule has 3 nitrogen and oxygen atoms in total. The van der Waals surface area contributed by atoms with Gasteiger partial charge in [0.1, 0.15) is 6.10 Å².